The normalized spacial score (nSPS) is 13.1. The highest BCUT2D eigenvalue weighted by molar-refractivity contribution is 6.08. The highest BCUT2D eigenvalue weighted by Gasteiger charge is 2.08. The van der Waals surface area contributed by atoms with Crippen LogP contribution >= 0.6 is 0 Å². The van der Waals surface area contributed by atoms with Crippen LogP contribution in [-0.2, 0) is 12.8 Å². The summed E-state index contributed by atoms with van der Waals surface area (Å²) in [4.78, 5) is 4.43. The summed E-state index contributed by atoms with van der Waals surface area (Å²) < 4.78 is 5.29. The van der Waals surface area contributed by atoms with Crippen LogP contribution in [0.15, 0.2) is 144 Å². The van der Waals surface area contributed by atoms with E-state index in [4.69, 9.17) is 4.74 Å². The van der Waals surface area contributed by atoms with Gasteiger partial charge in [0.15, 0.2) is 0 Å². The molecule has 0 radical (unpaired) electrons. The van der Waals surface area contributed by atoms with Crippen LogP contribution in [0.2, 0.25) is 0 Å². The molecule has 1 aliphatic heterocycles. The summed E-state index contributed by atoms with van der Waals surface area (Å²) in [6, 6.07) is 16.5. The van der Waals surface area contributed by atoms with Crippen LogP contribution in [0.5, 0.6) is 5.75 Å². The number of ether oxygens (including phenoxy) is 1. The number of aliphatic imine (C=N–C) groups is 1. The molecular formula is C34H35NO. The van der Waals surface area contributed by atoms with Gasteiger partial charge in [0, 0.05) is 17.8 Å². The van der Waals surface area contributed by atoms with Gasteiger partial charge in [-0.15, -0.1) is 11.5 Å². The highest BCUT2D eigenvalue weighted by atomic mass is 16.5. The Kier molecular flexibility index (Phi) is 11.5. The molecular weight excluding hydrogens is 438 g/mol. The molecule has 0 N–H and O–H groups in total. The van der Waals surface area contributed by atoms with Gasteiger partial charge in [-0.2, -0.15) is 0 Å². The fourth-order valence-electron chi connectivity index (χ4n) is 3.59. The lowest BCUT2D eigenvalue weighted by Crippen LogP contribution is -2.03. The summed E-state index contributed by atoms with van der Waals surface area (Å²) in [7, 11) is 1.69. The third kappa shape index (κ3) is 8.15. The van der Waals surface area contributed by atoms with Crippen molar-refractivity contribution in [3.8, 4) is 5.75 Å². The lowest BCUT2D eigenvalue weighted by molar-refractivity contribution is 0.414. The Hall–Kier alpha value is -4.35. The van der Waals surface area contributed by atoms with Gasteiger partial charge in [0.1, 0.15) is 5.75 Å². The van der Waals surface area contributed by atoms with Gasteiger partial charge in [-0.1, -0.05) is 82.1 Å². The summed E-state index contributed by atoms with van der Waals surface area (Å²) in [5.74, 6) is 0.888. The molecule has 0 atom stereocenters. The van der Waals surface area contributed by atoms with E-state index in [0.29, 0.717) is 0 Å². The number of allylic oxidation sites excluding steroid dienone is 9. The van der Waals surface area contributed by atoms with Crippen LogP contribution in [0.1, 0.15) is 31.0 Å². The van der Waals surface area contributed by atoms with Gasteiger partial charge in [-0.3, -0.25) is 4.99 Å². The van der Waals surface area contributed by atoms with E-state index in [1.807, 2.05) is 54.6 Å². The maximum absolute atomic E-state index is 5.29. The van der Waals surface area contributed by atoms with E-state index in [9.17, 15) is 0 Å². The number of methoxy groups -OCH3 is 1. The second-order valence-electron chi connectivity index (χ2n) is 7.89. The fraction of sp³-hybridized carbons (Fsp3) is 0.147. The molecule has 1 aliphatic carbocycles. The van der Waals surface area contributed by atoms with Crippen molar-refractivity contribution >= 4 is 11.3 Å². The summed E-state index contributed by atoms with van der Waals surface area (Å²) in [6.45, 7) is 10.1. The Morgan fingerprint density at radius 2 is 1.86 bits per heavy atom. The van der Waals surface area contributed by atoms with Gasteiger partial charge >= 0.3 is 0 Å². The molecule has 0 unspecified atom stereocenters. The molecule has 2 nitrogen and oxygen atoms in total. The first kappa shape index (κ1) is 27.9. The second-order valence-corrected chi connectivity index (χ2v) is 7.89. The first-order valence-electron chi connectivity index (χ1n) is 11.7. The van der Waals surface area contributed by atoms with E-state index in [0.717, 1.165) is 35.4 Å². The number of hydrogen-bond acceptors (Lipinski definition) is 2. The van der Waals surface area contributed by atoms with E-state index in [2.05, 4.69) is 73.0 Å². The molecule has 0 aromatic heterocycles. The Labute approximate surface area is 216 Å². The number of hydrogen-bond donors (Lipinski definition) is 0. The van der Waals surface area contributed by atoms with E-state index in [1.54, 1.807) is 19.4 Å². The average Bonchev–Trinajstić information content (AvgIpc) is 3.33. The van der Waals surface area contributed by atoms with Gasteiger partial charge in [-0.05, 0) is 77.1 Å². The lowest BCUT2D eigenvalue weighted by Gasteiger charge is -2.11. The summed E-state index contributed by atoms with van der Waals surface area (Å²) in [6.07, 6.45) is 19.0. The van der Waals surface area contributed by atoms with Crippen LogP contribution in [0, 0.1) is 0 Å². The molecule has 0 bridgehead atoms. The van der Waals surface area contributed by atoms with Crippen LogP contribution < -0.4 is 4.74 Å². The number of nitrogens with zero attached hydrogens (tertiary/aromatic N) is 1. The number of rotatable bonds is 7. The highest BCUT2D eigenvalue weighted by Crippen LogP contribution is 2.21. The number of benzene rings is 2. The first-order valence-corrected chi connectivity index (χ1v) is 11.7. The zero-order valence-electron chi connectivity index (χ0n) is 20.5. The van der Waals surface area contributed by atoms with Gasteiger partial charge in [0.2, 0.25) is 0 Å². The van der Waals surface area contributed by atoms with Gasteiger partial charge in [0.25, 0.3) is 0 Å². The SMILES string of the molecule is C.C1=CC=CC(c2ccccc2)=CC=1.C=CC1=C=CC(C(=C)Cc2ccc(OC)cc2CC)=NC=C1. The van der Waals surface area contributed by atoms with E-state index in [-0.39, 0.29) is 7.43 Å². The third-order valence-corrected chi connectivity index (χ3v) is 5.56. The van der Waals surface area contributed by atoms with Crippen LogP contribution in [0.25, 0.3) is 5.57 Å². The minimum absolute atomic E-state index is 0. The maximum atomic E-state index is 5.29. The van der Waals surface area contributed by atoms with E-state index in [1.165, 1.54) is 22.3 Å². The zero-order valence-corrected chi connectivity index (χ0v) is 20.5. The van der Waals surface area contributed by atoms with Crippen molar-refractivity contribution in [3.05, 3.63) is 156 Å². The molecule has 0 amide bonds. The Morgan fingerprint density at radius 3 is 2.58 bits per heavy atom. The molecule has 2 aromatic carbocycles. The quantitative estimate of drug-likeness (QED) is 0.369. The minimum atomic E-state index is 0. The van der Waals surface area contributed by atoms with Crippen LogP contribution in [0.3, 0.4) is 0 Å². The zero-order chi connectivity index (χ0) is 24.9. The predicted molar refractivity (Wildman–Crippen MR) is 157 cm³/mol. The molecule has 0 fully saturated rings. The fourth-order valence-corrected chi connectivity index (χ4v) is 3.59. The van der Waals surface area contributed by atoms with Crippen molar-refractivity contribution in [2.75, 3.05) is 7.11 Å². The smallest absolute Gasteiger partial charge is 0.119 e. The molecule has 2 aliphatic rings. The van der Waals surface area contributed by atoms with Crippen molar-refractivity contribution in [1.29, 1.82) is 0 Å². The molecule has 0 saturated carbocycles. The molecule has 2 aromatic rings. The Bertz CT molecular complexity index is 1320. The topological polar surface area (TPSA) is 21.6 Å². The largest absolute Gasteiger partial charge is 0.497 e. The molecule has 36 heavy (non-hydrogen) atoms. The van der Waals surface area contributed by atoms with Crippen molar-refractivity contribution < 1.29 is 4.74 Å². The summed E-state index contributed by atoms with van der Waals surface area (Å²) >= 11 is 0. The number of aryl methyl sites for hydroxylation is 1. The van der Waals surface area contributed by atoms with Crippen LogP contribution in [-0.4, -0.2) is 12.8 Å². The summed E-state index contributed by atoms with van der Waals surface area (Å²) in [5, 5.41) is 0. The summed E-state index contributed by atoms with van der Waals surface area (Å²) in [5.41, 5.74) is 13.9. The van der Waals surface area contributed by atoms with Gasteiger partial charge in [0.05, 0.1) is 12.8 Å². The molecule has 182 valence electrons. The van der Waals surface area contributed by atoms with E-state index < -0.39 is 0 Å². The van der Waals surface area contributed by atoms with Crippen molar-refractivity contribution in [1.82, 2.24) is 0 Å². The maximum Gasteiger partial charge on any atom is 0.119 e. The van der Waals surface area contributed by atoms with Crippen molar-refractivity contribution in [2.45, 2.75) is 27.2 Å². The monoisotopic (exact) mass is 473 g/mol. The molecule has 4 rings (SSSR count). The standard InChI is InChI=1S/C20H21NO.C13H10.CH4/c1-5-16-7-10-20(21-12-11-16)15(3)13-18-8-9-19(22-4)14-17(18)6-2;1-2-5-9-12(8-4-1)13-10-6-3-7-11-13;/h5,8-12,14H,1,3,6,13H2,2,4H3;1,3-11H;1H4. The molecule has 1 heterocycles. The molecule has 2 heteroatoms. The van der Waals surface area contributed by atoms with Crippen LogP contribution in [0.4, 0.5) is 0 Å². The molecule has 0 saturated heterocycles. The van der Waals surface area contributed by atoms with Crippen molar-refractivity contribution in [3.63, 3.8) is 0 Å². The third-order valence-electron chi connectivity index (χ3n) is 5.56. The Balaban J connectivity index is 0.000000278. The molecule has 0 spiro atoms. The Morgan fingerprint density at radius 1 is 1.06 bits per heavy atom. The lowest BCUT2D eigenvalue weighted by atomic mass is 9.96. The second kappa shape index (κ2) is 14.8. The average molecular weight is 474 g/mol. The first-order chi connectivity index (χ1) is 17.1. The predicted octanol–water partition coefficient (Wildman–Crippen LogP) is 8.58. The van der Waals surface area contributed by atoms with Gasteiger partial charge < -0.3 is 4.74 Å². The van der Waals surface area contributed by atoms with Gasteiger partial charge in [-0.25, -0.2) is 0 Å². The van der Waals surface area contributed by atoms with E-state index >= 15 is 0 Å². The van der Waals surface area contributed by atoms with Crippen molar-refractivity contribution in [2.24, 2.45) is 4.99 Å². The minimum Gasteiger partial charge on any atom is -0.497 e.